The van der Waals surface area contributed by atoms with Gasteiger partial charge in [0.2, 0.25) is 0 Å². The van der Waals surface area contributed by atoms with Crippen LogP contribution in [-0.4, -0.2) is 11.2 Å². The molecule has 0 aromatic carbocycles. The molecule has 0 saturated heterocycles. The molecule has 13 heavy (non-hydrogen) atoms. The van der Waals surface area contributed by atoms with E-state index in [0.717, 1.165) is 11.3 Å². The highest BCUT2D eigenvalue weighted by Crippen LogP contribution is 2.21. The molecule has 3 nitrogen and oxygen atoms in total. The van der Waals surface area contributed by atoms with Crippen molar-refractivity contribution in [1.82, 2.24) is 0 Å². The van der Waals surface area contributed by atoms with Crippen LogP contribution in [0.3, 0.4) is 0 Å². The predicted octanol–water partition coefficient (Wildman–Crippen LogP) is 1.67. The first-order valence-electron chi connectivity index (χ1n) is 4.56. The van der Waals surface area contributed by atoms with Crippen LogP contribution in [0.2, 0.25) is 0 Å². The fourth-order valence-electron chi connectivity index (χ4n) is 1.21. The largest absolute Gasteiger partial charge is 0.464 e. The molecular weight excluding hydrogens is 166 g/mol. The van der Waals surface area contributed by atoms with Crippen molar-refractivity contribution in [3.63, 3.8) is 0 Å². The Morgan fingerprint density at radius 2 is 2.15 bits per heavy atom. The number of aryl methyl sites for hydroxylation is 2. The molecule has 1 aromatic heterocycles. The molecule has 1 aromatic rings. The second kappa shape index (κ2) is 3.94. The Hall–Kier alpha value is -0.800. The van der Waals surface area contributed by atoms with Crippen molar-refractivity contribution in [2.75, 3.05) is 0 Å². The van der Waals surface area contributed by atoms with E-state index in [9.17, 15) is 5.11 Å². The molecule has 74 valence electrons. The molecule has 0 spiro atoms. The topological polar surface area (TPSA) is 59.4 Å². The van der Waals surface area contributed by atoms with Gasteiger partial charge in [-0.2, -0.15) is 0 Å². The van der Waals surface area contributed by atoms with Crippen LogP contribution < -0.4 is 5.73 Å². The van der Waals surface area contributed by atoms with Crippen LogP contribution >= 0.6 is 0 Å². The van der Waals surface area contributed by atoms with Gasteiger partial charge >= 0.3 is 0 Å². The first kappa shape index (κ1) is 10.3. The molecule has 2 atom stereocenters. The number of aliphatic hydroxyl groups is 1. The second-order valence-electron chi connectivity index (χ2n) is 3.39. The van der Waals surface area contributed by atoms with E-state index in [-0.39, 0.29) is 0 Å². The Morgan fingerprint density at radius 3 is 2.54 bits per heavy atom. The van der Waals surface area contributed by atoms with Crippen LogP contribution in [0.5, 0.6) is 0 Å². The normalized spacial score (nSPS) is 15.8. The van der Waals surface area contributed by atoms with Crippen molar-refractivity contribution in [3.8, 4) is 0 Å². The lowest BCUT2D eigenvalue weighted by molar-refractivity contribution is 0.130. The van der Waals surface area contributed by atoms with Crippen LogP contribution in [0.25, 0.3) is 0 Å². The maximum Gasteiger partial charge on any atom is 0.123 e. The molecule has 0 aliphatic carbocycles. The van der Waals surface area contributed by atoms with Crippen LogP contribution in [0.1, 0.15) is 36.5 Å². The fraction of sp³-hybridized carbons (Fsp3) is 0.600. The van der Waals surface area contributed by atoms with Crippen molar-refractivity contribution < 1.29 is 9.52 Å². The third kappa shape index (κ3) is 2.11. The van der Waals surface area contributed by atoms with Crippen LogP contribution in [0, 0.1) is 13.8 Å². The van der Waals surface area contributed by atoms with Gasteiger partial charge in [0.25, 0.3) is 0 Å². The van der Waals surface area contributed by atoms with Gasteiger partial charge in [-0.15, -0.1) is 0 Å². The first-order valence-corrected chi connectivity index (χ1v) is 4.56. The predicted molar refractivity (Wildman–Crippen MR) is 51.4 cm³/mol. The second-order valence-corrected chi connectivity index (χ2v) is 3.39. The van der Waals surface area contributed by atoms with E-state index in [2.05, 4.69) is 0 Å². The minimum atomic E-state index is -0.523. The number of hydrogen-bond donors (Lipinski definition) is 2. The lowest BCUT2D eigenvalue weighted by Gasteiger charge is -2.14. The van der Waals surface area contributed by atoms with E-state index in [1.807, 2.05) is 26.8 Å². The van der Waals surface area contributed by atoms with Crippen molar-refractivity contribution >= 4 is 0 Å². The molecule has 0 bridgehead atoms. The molecule has 0 aliphatic rings. The monoisotopic (exact) mass is 183 g/mol. The van der Waals surface area contributed by atoms with Crippen molar-refractivity contribution in [2.24, 2.45) is 5.73 Å². The van der Waals surface area contributed by atoms with E-state index in [4.69, 9.17) is 10.2 Å². The molecule has 3 heteroatoms. The molecular formula is C10H17NO2. The Kier molecular flexibility index (Phi) is 3.12. The van der Waals surface area contributed by atoms with Gasteiger partial charge in [0.1, 0.15) is 11.5 Å². The van der Waals surface area contributed by atoms with Gasteiger partial charge in [0.05, 0.1) is 12.1 Å². The zero-order chi connectivity index (χ0) is 10.0. The minimum absolute atomic E-state index is 0.405. The van der Waals surface area contributed by atoms with E-state index < -0.39 is 12.1 Å². The summed E-state index contributed by atoms with van der Waals surface area (Å²) in [5.74, 6) is 1.54. The summed E-state index contributed by atoms with van der Waals surface area (Å²) < 4.78 is 5.41. The molecule has 0 saturated carbocycles. The summed E-state index contributed by atoms with van der Waals surface area (Å²) in [7, 11) is 0. The zero-order valence-electron chi connectivity index (χ0n) is 8.37. The molecule has 0 fully saturated rings. The van der Waals surface area contributed by atoms with Gasteiger partial charge in [-0.05, 0) is 31.9 Å². The maximum absolute atomic E-state index is 9.50. The highest BCUT2D eigenvalue weighted by atomic mass is 16.3. The van der Waals surface area contributed by atoms with Gasteiger partial charge in [-0.3, -0.25) is 0 Å². The van der Waals surface area contributed by atoms with Gasteiger partial charge in [-0.1, -0.05) is 6.92 Å². The average Bonchev–Trinajstić information content (AvgIpc) is 2.44. The smallest absolute Gasteiger partial charge is 0.123 e. The van der Waals surface area contributed by atoms with Crippen LogP contribution in [-0.2, 0) is 0 Å². The molecule has 1 rings (SSSR count). The summed E-state index contributed by atoms with van der Waals surface area (Å²) in [5.41, 5.74) is 6.87. The van der Waals surface area contributed by atoms with E-state index in [1.165, 1.54) is 0 Å². The first-order chi connectivity index (χ1) is 6.06. The fourth-order valence-corrected chi connectivity index (χ4v) is 1.21. The Bertz CT molecular complexity index is 261. The van der Waals surface area contributed by atoms with Gasteiger partial charge < -0.3 is 15.3 Å². The highest BCUT2D eigenvalue weighted by molar-refractivity contribution is 5.21. The summed E-state index contributed by atoms with van der Waals surface area (Å²) in [4.78, 5) is 0. The quantitative estimate of drug-likeness (QED) is 0.749. The number of rotatable bonds is 3. The van der Waals surface area contributed by atoms with Gasteiger partial charge in [-0.25, -0.2) is 0 Å². The average molecular weight is 183 g/mol. The van der Waals surface area contributed by atoms with Crippen LogP contribution in [0.4, 0.5) is 0 Å². The molecule has 1 heterocycles. The SMILES string of the molecule is CC[C@@H](O)[C@@H](N)c1cc(C)c(C)o1. The highest BCUT2D eigenvalue weighted by Gasteiger charge is 2.18. The van der Waals surface area contributed by atoms with Crippen molar-refractivity contribution in [1.29, 1.82) is 0 Å². The summed E-state index contributed by atoms with van der Waals surface area (Å²) in [6.45, 7) is 5.75. The number of hydrogen-bond acceptors (Lipinski definition) is 3. The zero-order valence-corrected chi connectivity index (χ0v) is 8.37. The van der Waals surface area contributed by atoms with E-state index >= 15 is 0 Å². The molecule has 0 radical (unpaired) electrons. The Balaban J connectivity index is 2.82. The van der Waals surface area contributed by atoms with Crippen molar-refractivity contribution in [2.45, 2.75) is 39.3 Å². The molecule has 0 amide bonds. The van der Waals surface area contributed by atoms with E-state index in [0.29, 0.717) is 12.2 Å². The summed E-state index contributed by atoms with van der Waals surface area (Å²) in [6, 6.07) is 1.48. The van der Waals surface area contributed by atoms with Crippen molar-refractivity contribution in [3.05, 3.63) is 23.2 Å². The summed E-state index contributed by atoms with van der Waals surface area (Å²) >= 11 is 0. The number of aliphatic hydroxyl groups excluding tert-OH is 1. The molecule has 3 N–H and O–H groups in total. The Labute approximate surface area is 78.5 Å². The lowest BCUT2D eigenvalue weighted by Crippen LogP contribution is -2.24. The van der Waals surface area contributed by atoms with E-state index in [1.54, 1.807) is 0 Å². The summed E-state index contributed by atoms with van der Waals surface area (Å²) in [6.07, 6.45) is 0.116. The molecule has 0 unspecified atom stereocenters. The minimum Gasteiger partial charge on any atom is -0.464 e. The van der Waals surface area contributed by atoms with Gasteiger partial charge in [0.15, 0.2) is 0 Å². The summed E-state index contributed by atoms with van der Waals surface area (Å²) in [5, 5.41) is 9.50. The number of furan rings is 1. The third-order valence-electron chi connectivity index (χ3n) is 2.35. The van der Waals surface area contributed by atoms with Crippen LogP contribution in [0.15, 0.2) is 10.5 Å². The Morgan fingerprint density at radius 1 is 1.54 bits per heavy atom. The number of nitrogens with two attached hydrogens (primary N) is 1. The molecule has 0 aliphatic heterocycles. The maximum atomic E-state index is 9.50. The third-order valence-corrected chi connectivity index (χ3v) is 2.35. The lowest BCUT2D eigenvalue weighted by atomic mass is 10.1. The van der Waals surface area contributed by atoms with Gasteiger partial charge in [0, 0.05) is 0 Å². The standard InChI is InChI=1S/C10H17NO2/c1-4-8(12)10(11)9-5-6(2)7(3)13-9/h5,8,10,12H,4,11H2,1-3H3/t8-,10-/m1/s1.